The second kappa shape index (κ2) is 5.12. The van der Waals surface area contributed by atoms with Crippen molar-refractivity contribution in [1.29, 1.82) is 0 Å². The van der Waals surface area contributed by atoms with Crippen molar-refractivity contribution in [2.45, 2.75) is 39.3 Å². The first-order chi connectivity index (χ1) is 7.04. The van der Waals surface area contributed by atoms with E-state index in [0.717, 1.165) is 12.0 Å². The zero-order chi connectivity index (χ0) is 11.4. The summed E-state index contributed by atoms with van der Waals surface area (Å²) in [6.07, 6.45) is 0.772. The summed E-state index contributed by atoms with van der Waals surface area (Å²) in [6, 6.07) is 4.80. The van der Waals surface area contributed by atoms with Gasteiger partial charge in [-0.05, 0) is 38.0 Å². The lowest BCUT2D eigenvalue weighted by atomic mass is 10.1. The molecule has 2 N–H and O–H groups in total. The van der Waals surface area contributed by atoms with E-state index < -0.39 is 0 Å². The maximum Gasteiger partial charge on any atom is 0.165 e. The van der Waals surface area contributed by atoms with Crippen LogP contribution in [0.2, 0.25) is 0 Å². The fraction of sp³-hybridized carbons (Fsp3) is 0.500. The van der Waals surface area contributed by atoms with Gasteiger partial charge in [-0.1, -0.05) is 13.0 Å². The third kappa shape index (κ3) is 3.20. The smallest absolute Gasteiger partial charge is 0.165 e. The van der Waals surface area contributed by atoms with Crippen LogP contribution in [0.4, 0.5) is 4.39 Å². The average Bonchev–Trinajstić information content (AvgIpc) is 2.19. The molecule has 1 unspecified atom stereocenters. The molecule has 0 heterocycles. The van der Waals surface area contributed by atoms with Crippen LogP contribution in [-0.2, 0) is 0 Å². The zero-order valence-electron chi connectivity index (χ0n) is 9.46. The molecule has 1 atom stereocenters. The molecule has 0 aliphatic rings. The van der Waals surface area contributed by atoms with Crippen LogP contribution >= 0.6 is 0 Å². The minimum absolute atomic E-state index is 0.0230. The summed E-state index contributed by atoms with van der Waals surface area (Å²) in [6.45, 7) is 5.71. The second-order valence-corrected chi connectivity index (χ2v) is 3.87. The Morgan fingerprint density at radius 2 is 2.07 bits per heavy atom. The van der Waals surface area contributed by atoms with Crippen LogP contribution in [0.25, 0.3) is 0 Å². The molecule has 0 saturated heterocycles. The summed E-state index contributed by atoms with van der Waals surface area (Å²) in [5.74, 6) is -0.0536. The number of hydrogen-bond donors (Lipinski definition) is 1. The van der Waals surface area contributed by atoms with E-state index in [-0.39, 0.29) is 23.7 Å². The van der Waals surface area contributed by atoms with Gasteiger partial charge in [-0.15, -0.1) is 0 Å². The number of ether oxygens (including phenoxy) is 1. The van der Waals surface area contributed by atoms with Gasteiger partial charge in [0.05, 0.1) is 6.10 Å². The van der Waals surface area contributed by atoms with E-state index in [1.165, 1.54) is 6.07 Å². The van der Waals surface area contributed by atoms with Gasteiger partial charge in [-0.2, -0.15) is 0 Å². The van der Waals surface area contributed by atoms with Crippen LogP contribution in [0.3, 0.4) is 0 Å². The molecule has 1 aromatic carbocycles. The van der Waals surface area contributed by atoms with Crippen LogP contribution in [0.5, 0.6) is 5.75 Å². The van der Waals surface area contributed by atoms with Crippen molar-refractivity contribution in [1.82, 2.24) is 0 Å². The highest BCUT2D eigenvalue weighted by atomic mass is 19.1. The predicted molar refractivity (Wildman–Crippen MR) is 59.4 cm³/mol. The van der Waals surface area contributed by atoms with Crippen molar-refractivity contribution in [2.75, 3.05) is 0 Å². The Morgan fingerprint density at radius 1 is 1.40 bits per heavy atom. The SMILES string of the molecule is CCC(N)c1ccc(OC(C)C)c(F)c1. The fourth-order valence-corrected chi connectivity index (χ4v) is 1.33. The van der Waals surface area contributed by atoms with Crippen LogP contribution in [0.1, 0.15) is 38.8 Å². The number of halogens is 1. The van der Waals surface area contributed by atoms with Crippen LogP contribution in [0.15, 0.2) is 18.2 Å². The van der Waals surface area contributed by atoms with E-state index in [2.05, 4.69) is 0 Å². The molecule has 0 saturated carbocycles. The third-order valence-electron chi connectivity index (χ3n) is 2.19. The first kappa shape index (κ1) is 12.0. The minimum Gasteiger partial charge on any atom is -0.488 e. The van der Waals surface area contributed by atoms with Gasteiger partial charge in [0.15, 0.2) is 11.6 Å². The molecule has 84 valence electrons. The van der Waals surface area contributed by atoms with Crippen molar-refractivity contribution in [3.63, 3.8) is 0 Å². The summed E-state index contributed by atoms with van der Waals surface area (Å²) in [5.41, 5.74) is 6.62. The summed E-state index contributed by atoms with van der Waals surface area (Å²) in [5, 5.41) is 0. The summed E-state index contributed by atoms with van der Waals surface area (Å²) >= 11 is 0. The predicted octanol–water partition coefficient (Wildman–Crippen LogP) is 3.02. The molecule has 0 spiro atoms. The van der Waals surface area contributed by atoms with Gasteiger partial charge in [0.2, 0.25) is 0 Å². The molecule has 0 aliphatic heterocycles. The Bertz CT molecular complexity index is 325. The molecule has 1 aromatic rings. The third-order valence-corrected chi connectivity index (χ3v) is 2.19. The van der Waals surface area contributed by atoms with Crippen molar-refractivity contribution >= 4 is 0 Å². The first-order valence-corrected chi connectivity index (χ1v) is 5.26. The van der Waals surface area contributed by atoms with E-state index >= 15 is 0 Å². The number of hydrogen-bond acceptors (Lipinski definition) is 2. The largest absolute Gasteiger partial charge is 0.488 e. The van der Waals surface area contributed by atoms with E-state index in [4.69, 9.17) is 10.5 Å². The van der Waals surface area contributed by atoms with Gasteiger partial charge in [0.25, 0.3) is 0 Å². The molecule has 1 rings (SSSR count). The van der Waals surface area contributed by atoms with Crippen LogP contribution < -0.4 is 10.5 Å². The Balaban J connectivity index is 2.88. The molecule has 0 aliphatic carbocycles. The molecular formula is C12H18FNO. The molecule has 0 radical (unpaired) electrons. The highest BCUT2D eigenvalue weighted by Gasteiger charge is 2.09. The summed E-state index contributed by atoms with van der Waals surface area (Å²) in [7, 11) is 0. The monoisotopic (exact) mass is 211 g/mol. The van der Waals surface area contributed by atoms with Crippen molar-refractivity contribution in [3.8, 4) is 5.75 Å². The quantitative estimate of drug-likeness (QED) is 0.830. The van der Waals surface area contributed by atoms with Gasteiger partial charge >= 0.3 is 0 Å². The maximum absolute atomic E-state index is 13.5. The molecule has 3 heteroatoms. The maximum atomic E-state index is 13.5. The minimum atomic E-state index is -0.342. The molecule has 0 amide bonds. The second-order valence-electron chi connectivity index (χ2n) is 3.87. The lowest BCUT2D eigenvalue weighted by Gasteiger charge is -2.13. The normalized spacial score (nSPS) is 12.9. The Morgan fingerprint density at radius 3 is 2.53 bits per heavy atom. The topological polar surface area (TPSA) is 35.2 Å². The van der Waals surface area contributed by atoms with E-state index in [1.807, 2.05) is 26.8 Å². The Hall–Kier alpha value is -1.09. The van der Waals surface area contributed by atoms with Gasteiger partial charge in [-0.3, -0.25) is 0 Å². The highest BCUT2D eigenvalue weighted by molar-refractivity contribution is 5.31. The molecule has 0 bridgehead atoms. The lowest BCUT2D eigenvalue weighted by molar-refractivity contribution is 0.231. The average molecular weight is 211 g/mol. The van der Waals surface area contributed by atoms with Crippen LogP contribution in [0, 0.1) is 5.82 Å². The zero-order valence-corrected chi connectivity index (χ0v) is 9.46. The fourth-order valence-electron chi connectivity index (χ4n) is 1.33. The summed E-state index contributed by atoms with van der Waals surface area (Å²) < 4.78 is 18.8. The van der Waals surface area contributed by atoms with Gasteiger partial charge in [-0.25, -0.2) is 4.39 Å². The highest BCUT2D eigenvalue weighted by Crippen LogP contribution is 2.23. The van der Waals surface area contributed by atoms with Crippen molar-refractivity contribution in [3.05, 3.63) is 29.6 Å². The standard InChI is InChI=1S/C12H18FNO/c1-4-11(14)9-5-6-12(10(13)7-9)15-8(2)3/h5-8,11H,4,14H2,1-3H3. The molecule has 15 heavy (non-hydrogen) atoms. The molecule has 0 fully saturated rings. The van der Waals surface area contributed by atoms with Crippen LogP contribution in [-0.4, -0.2) is 6.10 Å². The van der Waals surface area contributed by atoms with Gasteiger partial charge in [0.1, 0.15) is 0 Å². The summed E-state index contributed by atoms with van der Waals surface area (Å²) in [4.78, 5) is 0. The molecule has 0 aromatic heterocycles. The molecular weight excluding hydrogens is 193 g/mol. The Labute approximate surface area is 90.2 Å². The number of rotatable bonds is 4. The van der Waals surface area contributed by atoms with Gasteiger partial charge in [0, 0.05) is 6.04 Å². The van der Waals surface area contributed by atoms with E-state index in [9.17, 15) is 4.39 Å². The molecule has 2 nitrogen and oxygen atoms in total. The van der Waals surface area contributed by atoms with Crippen molar-refractivity contribution < 1.29 is 9.13 Å². The van der Waals surface area contributed by atoms with E-state index in [0.29, 0.717) is 0 Å². The number of benzene rings is 1. The van der Waals surface area contributed by atoms with Gasteiger partial charge < -0.3 is 10.5 Å². The lowest BCUT2D eigenvalue weighted by Crippen LogP contribution is -2.10. The number of nitrogens with two attached hydrogens (primary N) is 1. The van der Waals surface area contributed by atoms with E-state index in [1.54, 1.807) is 6.07 Å². The van der Waals surface area contributed by atoms with Crippen molar-refractivity contribution in [2.24, 2.45) is 5.73 Å². The Kier molecular flexibility index (Phi) is 4.09. The first-order valence-electron chi connectivity index (χ1n) is 5.26.